The summed E-state index contributed by atoms with van der Waals surface area (Å²) in [4.78, 5) is 0. The van der Waals surface area contributed by atoms with Gasteiger partial charge in [0.05, 0.1) is 20.3 Å². The fourth-order valence-electron chi connectivity index (χ4n) is 1.69. The molecular formula is C14H22BrNO3. The number of nitrogens with one attached hydrogen (secondary N) is 1. The molecule has 0 saturated carbocycles. The minimum absolute atomic E-state index is 0.0437. The second kappa shape index (κ2) is 6.59. The number of halogens is 1. The van der Waals surface area contributed by atoms with E-state index in [1.54, 1.807) is 14.2 Å². The van der Waals surface area contributed by atoms with E-state index >= 15 is 0 Å². The minimum atomic E-state index is -0.642. The lowest BCUT2D eigenvalue weighted by atomic mass is 10.0. The third-order valence-corrected chi connectivity index (χ3v) is 3.45. The molecular weight excluding hydrogens is 310 g/mol. The van der Waals surface area contributed by atoms with Crippen molar-refractivity contribution in [3.8, 4) is 11.5 Å². The van der Waals surface area contributed by atoms with Crippen molar-refractivity contribution < 1.29 is 14.6 Å². The van der Waals surface area contributed by atoms with Gasteiger partial charge in [0.2, 0.25) is 0 Å². The first-order chi connectivity index (χ1) is 8.80. The summed E-state index contributed by atoms with van der Waals surface area (Å²) in [5.74, 6) is 1.28. The van der Waals surface area contributed by atoms with Gasteiger partial charge in [0.15, 0.2) is 0 Å². The Bertz CT molecular complexity index is 429. The molecule has 1 unspecified atom stereocenters. The Morgan fingerprint density at radius 1 is 1.26 bits per heavy atom. The van der Waals surface area contributed by atoms with Crippen LogP contribution in [0, 0.1) is 0 Å². The predicted octanol–water partition coefficient (Wildman–Crippen LogP) is 2.89. The van der Waals surface area contributed by atoms with Crippen LogP contribution < -0.4 is 14.8 Å². The molecule has 0 aliphatic heterocycles. The van der Waals surface area contributed by atoms with Gasteiger partial charge in [0, 0.05) is 17.6 Å². The monoisotopic (exact) mass is 331 g/mol. The highest BCUT2D eigenvalue weighted by Gasteiger charge is 2.20. The number of ether oxygens (including phenoxy) is 2. The van der Waals surface area contributed by atoms with Crippen LogP contribution in [0.15, 0.2) is 16.6 Å². The van der Waals surface area contributed by atoms with Gasteiger partial charge in [-0.1, -0.05) is 0 Å². The van der Waals surface area contributed by atoms with E-state index in [1.807, 2.05) is 12.1 Å². The van der Waals surface area contributed by atoms with Gasteiger partial charge in [-0.05, 0) is 48.8 Å². The smallest absolute Gasteiger partial charge is 0.142 e. The quantitative estimate of drug-likeness (QED) is 0.871. The van der Waals surface area contributed by atoms with Gasteiger partial charge in [0.25, 0.3) is 0 Å². The molecule has 0 saturated heterocycles. The van der Waals surface area contributed by atoms with Crippen LogP contribution >= 0.6 is 15.9 Å². The van der Waals surface area contributed by atoms with Gasteiger partial charge in [-0.3, -0.25) is 0 Å². The fraction of sp³-hybridized carbons (Fsp3) is 0.571. The fourth-order valence-corrected chi connectivity index (χ4v) is 2.38. The Labute approximate surface area is 123 Å². The van der Waals surface area contributed by atoms with Crippen molar-refractivity contribution in [3.63, 3.8) is 0 Å². The maximum atomic E-state index is 10.3. The number of rotatable bonds is 5. The van der Waals surface area contributed by atoms with Crippen LogP contribution in [-0.2, 0) is 0 Å². The first-order valence-corrected chi connectivity index (χ1v) is 6.93. The summed E-state index contributed by atoms with van der Waals surface area (Å²) in [6.07, 6.45) is -0.642. The first kappa shape index (κ1) is 16.3. The lowest BCUT2D eigenvalue weighted by Gasteiger charge is -2.24. The van der Waals surface area contributed by atoms with Crippen LogP contribution in [-0.4, -0.2) is 31.4 Å². The molecule has 19 heavy (non-hydrogen) atoms. The van der Waals surface area contributed by atoms with Gasteiger partial charge in [0.1, 0.15) is 16.0 Å². The van der Waals surface area contributed by atoms with Crippen LogP contribution in [0.5, 0.6) is 11.5 Å². The molecule has 0 aliphatic rings. The standard InChI is InChI=1S/C14H22BrNO3/c1-14(2,3)16-8-10(17)9-6-7-11(18-4)12(15)13(9)19-5/h6-7,10,16-17H,8H2,1-5H3. The molecule has 2 N–H and O–H groups in total. The second-order valence-corrected chi connectivity index (χ2v) is 6.14. The van der Waals surface area contributed by atoms with Crippen molar-refractivity contribution in [1.29, 1.82) is 0 Å². The van der Waals surface area contributed by atoms with E-state index in [0.717, 1.165) is 5.56 Å². The van der Waals surface area contributed by atoms with E-state index < -0.39 is 6.10 Å². The molecule has 108 valence electrons. The largest absolute Gasteiger partial charge is 0.495 e. The van der Waals surface area contributed by atoms with Crippen molar-refractivity contribution in [1.82, 2.24) is 5.32 Å². The third kappa shape index (κ3) is 4.37. The molecule has 1 atom stereocenters. The Morgan fingerprint density at radius 3 is 2.37 bits per heavy atom. The number of β-amino-alcohol motifs (C(OH)–C–C–N with tert-alkyl or cyclic N) is 1. The van der Waals surface area contributed by atoms with E-state index in [-0.39, 0.29) is 5.54 Å². The molecule has 0 aliphatic carbocycles. The van der Waals surface area contributed by atoms with Crippen LogP contribution in [0.3, 0.4) is 0 Å². The molecule has 1 aromatic rings. The van der Waals surface area contributed by atoms with Crippen LogP contribution in [0.25, 0.3) is 0 Å². The summed E-state index contributed by atoms with van der Waals surface area (Å²) in [7, 11) is 3.17. The zero-order chi connectivity index (χ0) is 14.6. The summed E-state index contributed by atoms with van der Waals surface area (Å²) in [6.45, 7) is 6.63. The number of hydrogen-bond donors (Lipinski definition) is 2. The normalized spacial score (nSPS) is 13.2. The average Bonchev–Trinajstić information content (AvgIpc) is 2.34. The molecule has 0 spiro atoms. The summed E-state index contributed by atoms with van der Waals surface area (Å²) in [6, 6.07) is 3.62. The topological polar surface area (TPSA) is 50.7 Å². The number of aliphatic hydroxyl groups excluding tert-OH is 1. The summed E-state index contributed by atoms with van der Waals surface area (Å²) < 4.78 is 11.3. The second-order valence-electron chi connectivity index (χ2n) is 5.35. The summed E-state index contributed by atoms with van der Waals surface area (Å²) in [5, 5.41) is 13.5. The lowest BCUT2D eigenvalue weighted by molar-refractivity contribution is 0.159. The van der Waals surface area contributed by atoms with E-state index in [9.17, 15) is 5.11 Å². The first-order valence-electron chi connectivity index (χ1n) is 6.13. The highest BCUT2D eigenvalue weighted by Crippen LogP contribution is 2.39. The van der Waals surface area contributed by atoms with Crippen molar-refractivity contribution >= 4 is 15.9 Å². The molecule has 5 heteroatoms. The highest BCUT2D eigenvalue weighted by atomic mass is 79.9. The van der Waals surface area contributed by atoms with Crippen molar-refractivity contribution in [2.45, 2.75) is 32.4 Å². The molecule has 0 aromatic heterocycles. The molecule has 1 rings (SSSR count). The molecule has 0 fully saturated rings. The van der Waals surface area contributed by atoms with Crippen molar-refractivity contribution in [2.24, 2.45) is 0 Å². The van der Waals surface area contributed by atoms with Crippen LogP contribution in [0.4, 0.5) is 0 Å². The SMILES string of the molecule is COc1ccc(C(O)CNC(C)(C)C)c(OC)c1Br. The molecule has 0 amide bonds. The Kier molecular flexibility index (Phi) is 5.64. The highest BCUT2D eigenvalue weighted by molar-refractivity contribution is 9.10. The molecule has 0 bridgehead atoms. The predicted molar refractivity (Wildman–Crippen MR) is 80.0 cm³/mol. The number of aliphatic hydroxyl groups is 1. The number of methoxy groups -OCH3 is 2. The molecule has 0 radical (unpaired) electrons. The zero-order valence-corrected chi connectivity index (χ0v) is 13.7. The molecule has 1 aromatic carbocycles. The number of hydrogen-bond acceptors (Lipinski definition) is 4. The van der Waals surface area contributed by atoms with Crippen molar-refractivity contribution in [2.75, 3.05) is 20.8 Å². The number of benzene rings is 1. The maximum Gasteiger partial charge on any atom is 0.142 e. The Balaban J connectivity index is 2.97. The Morgan fingerprint density at radius 2 is 1.89 bits per heavy atom. The van der Waals surface area contributed by atoms with Gasteiger partial charge in [-0.25, -0.2) is 0 Å². The molecule has 4 nitrogen and oxygen atoms in total. The van der Waals surface area contributed by atoms with Gasteiger partial charge in [-0.2, -0.15) is 0 Å². The summed E-state index contributed by atoms with van der Waals surface area (Å²) in [5.41, 5.74) is 0.685. The van der Waals surface area contributed by atoms with Gasteiger partial charge in [-0.15, -0.1) is 0 Å². The third-order valence-electron chi connectivity index (χ3n) is 2.70. The zero-order valence-electron chi connectivity index (χ0n) is 12.1. The van der Waals surface area contributed by atoms with Crippen LogP contribution in [0.1, 0.15) is 32.4 Å². The van der Waals surface area contributed by atoms with E-state index in [1.165, 1.54) is 0 Å². The average molecular weight is 332 g/mol. The minimum Gasteiger partial charge on any atom is -0.495 e. The lowest BCUT2D eigenvalue weighted by Crippen LogP contribution is -2.38. The molecule has 0 heterocycles. The van der Waals surface area contributed by atoms with Gasteiger partial charge < -0.3 is 19.9 Å². The Hall–Kier alpha value is -0.780. The summed E-state index contributed by atoms with van der Waals surface area (Å²) >= 11 is 3.43. The van der Waals surface area contributed by atoms with Crippen LogP contribution in [0.2, 0.25) is 0 Å². The van der Waals surface area contributed by atoms with Crippen molar-refractivity contribution in [3.05, 3.63) is 22.2 Å². The maximum absolute atomic E-state index is 10.3. The van der Waals surface area contributed by atoms with E-state index in [4.69, 9.17) is 9.47 Å². The van der Waals surface area contributed by atoms with Gasteiger partial charge >= 0.3 is 0 Å². The van der Waals surface area contributed by atoms with E-state index in [2.05, 4.69) is 42.0 Å². The van der Waals surface area contributed by atoms with E-state index in [0.29, 0.717) is 22.5 Å².